The van der Waals surface area contributed by atoms with Gasteiger partial charge in [-0.1, -0.05) is 34.1 Å². The number of likely N-dealkylation sites (N-methyl/N-ethyl adjacent to an activating group) is 1. The lowest BCUT2D eigenvalue weighted by molar-refractivity contribution is 0.00766. The smallest absolute Gasteiger partial charge is 0.129 e. The standard InChI is InChI=1S/C16H20BrNO3/c1-18(9-13-5-2-3-7-16(13)17)10-14(19)11-20-12-15-6-4-8-21-15/h2-8,14,19H,9-12H2,1H3/t14-/m1/s1. The summed E-state index contributed by atoms with van der Waals surface area (Å²) >= 11 is 3.53. The molecule has 0 aliphatic rings. The van der Waals surface area contributed by atoms with E-state index < -0.39 is 6.10 Å². The summed E-state index contributed by atoms with van der Waals surface area (Å²) in [6.45, 7) is 2.01. The summed E-state index contributed by atoms with van der Waals surface area (Å²) in [7, 11) is 1.98. The van der Waals surface area contributed by atoms with Crippen molar-refractivity contribution in [3.05, 3.63) is 58.5 Å². The number of hydrogen-bond acceptors (Lipinski definition) is 4. The molecule has 1 heterocycles. The van der Waals surface area contributed by atoms with Crippen LogP contribution in [0.1, 0.15) is 11.3 Å². The SMILES string of the molecule is CN(Cc1ccccc1Br)C[C@@H](O)COCc1ccco1. The normalized spacial score (nSPS) is 12.8. The molecule has 4 nitrogen and oxygen atoms in total. The van der Waals surface area contributed by atoms with Crippen LogP contribution in [-0.2, 0) is 17.9 Å². The topological polar surface area (TPSA) is 45.8 Å². The first kappa shape index (κ1) is 16.2. The number of hydrogen-bond donors (Lipinski definition) is 1. The van der Waals surface area contributed by atoms with Gasteiger partial charge in [-0.05, 0) is 30.8 Å². The van der Waals surface area contributed by atoms with Crippen LogP contribution in [0.25, 0.3) is 0 Å². The first-order valence-electron chi connectivity index (χ1n) is 6.85. The van der Waals surface area contributed by atoms with Gasteiger partial charge < -0.3 is 14.3 Å². The predicted octanol–water partition coefficient (Wildman–Crippen LogP) is 3.05. The number of benzene rings is 1. The molecule has 0 unspecified atom stereocenters. The molecule has 0 spiro atoms. The molecule has 0 amide bonds. The maximum absolute atomic E-state index is 9.99. The van der Waals surface area contributed by atoms with E-state index in [0.29, 0.717) is 19.8 Å². The zero-order chi connectivity index (χ0) is 15.1. The minimum absolute atomic E-state index is 0.293. The van der Waals surface area contributed by atoms with E-state index in [2.05, 4.69) is 26.9 Å². The van der Waals surface area contributed by atoms with Crippen molar-refractivity contribution in [3.8, 4) is 0 Å². The minimum Gasteiger partial charge on any atom is -0.467 e. The molecular weight excluding hydrogens is 334 g/mol. The molecule has 0 saturated carbocycles. The molecule has 0 radical (unpaired) electrons. The molecule has 0 fully saturated rings. The fraction of sp³-hybridized carbons (Fsp3) is 0.375. The Morgan fingerprint density at radius 1 is 1.29 bits per heavy atom. The summed E-state index contributed by atoms with van der Waals surface area (Å²) in [6.07, 6.45) is 1.09. The lowest BCUT2D eigenvalue weighted by atomic mass is 10.2. The number of rotatable bonds is 8. The van der Waals surface area contributed by atoms with Crippen LogP contribution in [0.5, 0.6) is 0 Å². The van der Waals surface area contributed by atoms with Crippen LogP contribution >= 0.6 is 15.9 Å². The fourth-order valence-corrected chi connectivity index (χ4v) is 2.49. The summed E-state index contributed by atoms with van der Waals surface area (Å²) in [5.41, 5.74) is 1.20. The van der Waals surface area contributed by atoms with Crippen LogP contribution in [0, 0.1) is 0 Å². The number of nitrogens with zero attached hydrogens (tertiary/aromatic N) is 1. The van der Waals surface area contributed by atoms with Crippen molar-refractivity contribution < 1.29 is 14.3 Å². The van der Waals surface area contributed by atoms with Crippen molar-refractivity contribution in [1.82, 2.24) is 4.90 Å². The second-order valence-corrected chi connectivity index (χ2v) is 5.89. The molecule has 2 rings (SSSR count). The fourth-order valence-electron chi connectivity index (χ4n) is 2.08. The molecule has 1 N–H and O–H groups in total. The highest BCUT2D eigenvalue weighted by Crippen LogP contribution is 2.17. The largest absolute Gasteiger partial charge is 0.467 e. The van der Waals surface area contributed by atoms with Gasteiger partial charge in [0.05, 0.1) is 19.0 Å². The van der Waals surface area contributed by atoms with Gasteiger partial charge in [-0.3, -0.25) is 4.90 Å². The van der Waals surface area contributed by atoms with Crippen molar-refractivity contribution in [1.29, 1.82) is 0 Å². The Kier molecular flexibility index (Phi) is 6.45. The Morgan fingerprint density at radius 3 is 2.81 bits per heavy atom. The Bertz CT molecular complexity index is 530. The Hall–Kier alpha value is -1.14. The van der Waals surface area contributed by atoms with Crippen LogP contribution < -0.4 is 0 Å². The quantitative estimate of drug-likeness (QED) is 0.792. The number of aliphatic hydroxyl groups is 1. The van der Waals surface area contributed by atoms with E-state index in [1.165, 1.54) is 5.56 Å². The second kappa shape index (κ2) is 8.34. The van der Waals surface area contributed by atoms with E-state index in [1.807, 2.05) is 37.4 Å². The van der Waals surface area contributed by atoms with Crippen LogP contribution in [0.4, 0.5) is 0 Å². The molecule has 114 valence electrons. The summed E-state index contributed by atoms with van der Waals surface area (Å²) in [6, 6.07) is 11.8. The number of ether oxygens (including phenoxy) is 1. The molecule has 5 heteroatoms. The third-order valence-electron chi connectivity index (χ3n) is 3.06. The maximum atomic E-state index is 9.99. The average molecular weight is 354 g/mol. The maximum Gasteiger partial charge on any atom is 0.129 e. The van der Waals surface area contributed by atoms with Gasteiger partial charge in [0.15, 0.2) is 0 Å². The highest BCUT2D eigenvalue weighted by atomic mass is 79.9. The highest BCUT2D eigenvalue weighted by Gasteiger charge is 2.10. The van der Waals surface area contributed by atoms with Gasteiger partial charge in [0.1, 0.15) is 12.4 Å². The molecule has 2 aromatic rings. The predicted molar refractivity (Wildman–Crippen MR) is 84.8 cm³/mol. The van der Waals surface area contributed by atoms with E-state index in [0.717, 1.165) is 16.8 Å². The summed E-state index contributed by atoms with van der Waals surface area (Å²) in [5.74, 6) is 0.767. The van der Waals surface area contributed by atoms with Crippen LogP contribution in [0.3, 0.4) is 0 Å². The van der Waals surface area contributed by atoms with Gasteiger partial charge in [0.25, 0.3) is 0 Å². The van der Waals surface area contributed by atoms with Crippen LogP contribution in [0.2, 0.25) is 0 Å². The number of halogens is 1. The Labute approximate surface area is 133 Å². The van der Waals surface area contributed by atoms with E-state index in [9.17, 15) is 5.11 Å². The van der Waals surface area contributed by atoms with Gasteiger partial charge in [0, 0.05) is 17.6 Å². The van der Waals surface area contributed by atoms with E-state index in [-0.39, 0.29) is 0 Å². The third-order valence-corrected chi connectivity index (χ3v) is 3.83. The molecular formula is C16H20BrNO3. The zero-order valence-corrected chi connectivity index (χ0v) is 13.6. The zero-order valence-electron chi connectivity index (χ0n) is 12.0. The second-order valence-electron chi connectivity index (χ2n) is 5.04. The monoisotopic (exact) mass is 353 g/mol. The first-order valence-corrected chi connectivity index (χ1v) is 7.64. The lowest BCUT2D eigenvalue weighted by Crippen LogP contribution is -2.31. The number of furan rings is 1. The van der Waals surface area contributed by atoms with Crippen molar-refractivity contribution in [3.63, 3.8) is 0 Å². The number of aliphatic hydroxyl groups excluding tert-OH is 1. The summed E-state index contributed by atoms with van der Waals surface area (Å²) in [4.78, 5) is 2.07. The van der Waals surface area contributed by atoms with Crippen LogP contribution in [0.15, 0.2) is 51.6 Å². The first-order chi connectivity index (χ1) is 10.1. The van der Waals surface area contributed by atoms with E-state index in [1.54, 1.807) is 6.26 Å². The van der Waals surface area contributed by atoms with Gasteiger partial charge in [-0.2, -0.15) is 0 Å². The average Bonchev–Trinajstić information content (AvgIpc) is 2.94. The molecule has 0 aliphatic heterocycles. The molecule has 0 aliphatic carbocycles. The molecule has 0 saturated heterocycles. The van der Waals surface area contributed by atoms with Gasteiger partial charge in [-0.25, -0.2) is 0 Å². The van der Waals surface area contributed by atoms with Crippen molar-refractivity contribution in [2.24, 2.45) is 0 Å². The molecule has 1 aromatic heterocycles. The summed E-state index contributed by atoms with van der Waals surface area (Å²) < 4.78 is 11.7. The molecule has 21 heavy (non-hydrogen) atoms. The molecule has 0 bridgehead atoms. The van der Waals surface area contributed by atoms with E-state index in [4.69, 9.17) is 9.15 Å². The van der Waals surface area contributed by atoms with Crippen molar-refractivity contribution in [2.45, 2.75) is 19.3 Å². The molecule has 1 aromatic carbocycles. The van der Waals surface area contributed by atoms with Crippen LogP contribution in [-0.4, -0.2) is 36.3 Å². The lowest BCUT2D eigenvalue weighted by Gasteiger charge is -2.21. The van der Waals surface area contributed by atoms with Crippen molar-refractivity contribution >= 4 is 15.9 Å². The minimum atomic E-state index is -0.521. The van der Waals surface area contributed by atoms with Crippen molar-refractivity contribution in [2.75, 3.05) is 20.2 Å². The van der Waals surface area contributed by atoms with Gasteiger partial charge in [-0.15, -0.1) is 0 Å². The van der Waals surface area contributed by atoms with E-state index >= 15 is 0 Å². The highest BCUT2D eigenvalue weighted by molar-refractivity contribution is 9.10. The molecule has 1 atom stereocenters. The summed E-state index contributed by atoms with van der Waals surface area (Å²) in [5, 5.41) is 9.99. The Balaban J connectivity index is 1.69. The van der Waals surface area contributed by atoms with Gasteiger partial charge >= 0.3 is 0 Å². The van der Waals surface area contributed by atoms with Gasteiger partial charge in [0.2, 0.25) is 0 Å². The third kappa shape index (κ3) is 5.63. The Morgan fingerprint density at radius 2 is 2.10 bits per heavy atom.